The van der Waals surface area contributed by atoms with E-state index >= 15 is 0 Å². The van der Waals surface area contributed by atoms with Gasteiger partial charge in [-0.3, -0.25) is 38.4 Å². The van der Waals surface area contributed by atoms with E-state index < -0.39 is 47.8 Å². The first-order valence-corrected chi connectivity index (χ1v) is 30.2. The standard InChI is InChI=1S/C66H84N8O10/c1-71-51-29-27-49(37-51)61(77)69-57(41-83-39-45-21-13-7-14-22-45)65(81)74(4)54-32-26-48(36-54)60(76)68-56(34-44-19-11-6-12-20-44)64(80)72(2)52-30-28-50(38-52)62(78)70-58(42-84-40-46-23-15-8-16-24-46)66(82)73(3)53-31-25-47(35-53)59(75)67-55(63(71)79)33-43-17-9-5-10-18-43/h5-24,47-58H,25-42H2,1-4H3,(H,67,75)(H,68,76)(H,69,77)(H,70,78)/t47-,48-,49-,50-,51+,52+,53+,54+,55-,56+,57-,58-/m1/s1. The van der Waals surface area contributed by atoms with Gasteiger partial charge in [0.1, 0.15) is 24.2 Å². The lowest BCUT2D eigenvalue weighted by atomic mass is 10.0. The van der Waals surface area contributed by atoms with Crippen molar-refractivity contribution < 1.29 is 47.8 Å². The lowest BCUT2D eigenvalue weighted by molar-refractivity contribution is -0.140. The second kappa shape index (κ2) is 28.9. The molecule has 1 heterocycles. The number of carbonyl (C=O) groups excluding carboxylic acids is 8. The summed E-state index contributed by atoms with van der Waals surface area (Å²) < 4.78 is 12.3. The van der Waals surface area contributed by atoms with Crippen LogP contribution >= 0.6 is 0 Å². The number of ether oxygens (including phenoxy) is 2. The maximum absolute atomic E-state index is 14.7. The van der Waals surface area contributed by atoms with Crippen LogP contribution in [0.15, 0.2) is 121 Å². The smallest absolute Gasteiger partial charge is 0.247 e. The van der Waals surface area contributed by atoms with Crippen molar-refractivity contribution in [1.82, 2.24) is 40.9 Å². The van der Waals surface area contributed by atoms with E-state index in [1.807, 2.05) is 121 Å². The van der Waals surface area contributed by atoms with Gasteiger partial charge in [-0.2, -0.15) is 0 Å². The maximum atomic E-state index is 14.7. The first-order chi connectivity index (χ1) is 40.6. The fraction of sp³-hybridized carbons (Fsp3) is 0.515. The van der Waals surface area contributed by atoms with Gasteiger partial charge >= 0.3 is 0 Å². The monoisotopic (exact) mass is 1150 g/mol. The summed E-state index contributed by atoms with van der Waals surface area (Å²) in [6, 6.07) is 32.8. The molecule has 5 fully saturated rings. The van der Waals surface area contributed by atoms with Gasteiger partial charge < -0.3 is 50.3 Å². The van der Waals surface area contributed by atoms with Crippen LogP contribution in [0.1, 0.15) is 99.3 Å². The molecule has 1 saturated heterocycles. The molecule has 4 saturated carbocycles. The predicted octanol–water partition coefficient (Wildman–Crippen LogP) is 5.37. The summed E-state index contributed by atoms with van der Waals surface area (Å²) in [6.45, 7) is 0.234. The van der Waals surface area contributed by atoms with E-state index in [-0.39, 0.29) is 111 Å². The van der Waals surface area contributed by atoms with Gasteiger partial charge in [-0.25, -0.2) is 0 Å². The van der Waals surface area contributed by atoms with Gasteiger partial charge in [0.15, 0.2) is 0 Å². The Bertz CT molecular complexity index is 2710. The average molecular weight is 1150 g/mol. The summed E-state index contributed by atoms with van der Waals surface area (Å²) in [6.07, 6.45) is 5.82. The van der Waals surface area contributed by atoms with E-state index in [2.05, 4.69) is 21.3 Å². The number of rotatable bonds is 12. The van der Waals surface area contributed by atoms with Crippen LogP contribution in [0.2, 0.25) is 0 Å². The van der Waals surface area contributed by atoms with Gasteiger partial charge in [-0.1, -0.05) is 121 Å². The Morgan fingerprint density at radius 1 is 0.333 bits per heavy atom. The molecular formula is C66H84N8O10. The van der Waals surface area contributed by atoms with E-state index in [1.165, 1.54) is 0 Å². The SMILES string of the molecule is CN1C(=O)[C@H](Cc2ccccc2)NC(=O)[C@@H]2CC[C@@H](C2)N(C)C(=O)[C@@H](COCc2ccccc2)NC(=O)[C@@H]2CC[C@@H](C2)N(C)C(=O)[C@@H](Cc2ccccc2)NC(=O)[C@@H]2CC[C@@H](C2)N(C)C(=O)[C@@H](COCc2ccccc2)NC(=O)[C@@H]2CC[C@H]1C2. The van der Waals surface area contributed by atoms with Crippen LogP contribution in [0, 0.1) is 23.7 Å². The van der Waals surface area contributed by atoms with Crippen LogP contribution in [-0.4, -0.2) is 157 Å². The number of carbonyl (C=O) groups is 8. The molecule has 18 nitrogen and oxygen atoms in total. The Balaban J connectivity index is 0.968. The first kappa shape index (κ1) is 61.1. The molecule has 0 aromatic heterocycles. The summed E-state index contributed by atoms with van der Waals surface area (Å²) in [5.41, 5.74) is 3.54. The van der Waals surface area contributed by atoms with Crippen molar-refractivity contribution in [3.05, 3.63) is 144 Å². The van der Waals surface area contributed by atoms with Crippen molar-refractivity contribution in [2.24, 2.45) is 23.7 Å². The molecule has 0 radical (unpaired) electrons. The molecule has 18 heteroatoms. The van der Waals surface area contributed by atoms with Crippen molar-refractivity contribution in [1.29, 1.82) is 0 Å². The largest absolute Gasteiger partial charge is 0.374 e. The van der Waals surface area contributed by atoms with E-state index in [0.717, 1.165) is 22.3 Å². The average Bonchev–Trinajstić information content (AvgIpc) is 4.38. The van der Waals surface area contributed by atoms with E-state index in [0.29, 0.717) is 77.0 Å². The molecule has 84 heavy (non-hydrogen) atoms. The topological polar surface area (TPSA) is 216 Å². The molecule has 448 valence electrons. The lowest BCUT2D eigenvalue weighted by Crippen LogP contribution is -2.54. The minimum atomic E-state index is -1.05. The zero-order valence-electron chi connectivity index (χ0n) is 49.1. The van der Waals surface area contributed by atoms with Crippen LogP contribution < -0.4 is 21.3 Å². The van der Waals surface area contributed by atoms with E-state index in [1.54, 1.807) is 47.8 Å². The molecule has 0 spiro atoms. The third-order valence-electron chi connectivity index (χ3n) is 18.5. The molecular weight excluding hydrogens is 1060 g/mol. The zero-order chi connectivity index (χ0) is 59.3. The van der Waals surface area contributed by atoms with Crippen molar-refractivity contribution in [3.63, 3.8) is 0 Å². The minimum Gasteiger partial charge on any atom is -0.374 e. The van der Waals surface area contributed by atoms with E-state index in [4.69, 9.17) is 9.47 Å². The van der Waals surface area contributed by atoms with Crippen LogP contribution in [0.25, 0.3) is 0 Å². The maximum Gasteiger partial charge on any atom is 0.247 e. The molecule has 1 aliphatic heterocycles. The number of nitrogens with one attached hydrogen (secondary N) is 4. The molecule has 4 aromatic rings. The number of amides is 8. The van der Waals surface area contributed by atoms with Crippen molar-refractivity contribution in [2.45, 2.75) is 151 Å². The van der Waals surface area contributed by atoms with E-state index in [9.17, 15) is 38.4 Å². The number of hydrogen-bond acceptors (Lipinski definition) is 10. The molecule has 8 amide bonds. The van der Waals surface area contributed by atoms with Crippen molar-refractivity contribution in [2.75, 3.05) is 41.4 Å². The van der Waals surface area contributed by atoms with Crippen LogP contribution in [0.5, 0.6) is 0 Å². The normalized spacial score (nSPS) is 29.0. The molecule has 8 bridgehead atoms. The number of nitrogens with zero attached hydrogens (tertiary/aromatic N) is 4. The first-order valence-electron chi connectivity index (χ1n) is 30.2. The molecule has 9 rings (SSSR count). The number of fused-ring (bicyclic) bond motifs is 8. The molecule has 4 N–H and O–H groups in total. The Morgan fingerprint density at radius 2 is 0.571 bits per heavy atom. The molecule has 12 atom stereocenters. The van der Waals surface area contributed by atoms with Gasteiger partial charge in [0.25, 0.3) is 0 Å². The van der Waals surface area contributed by atoms with Gasteiger partial charge in [-0.15, -0.1) is 0 Å². The predicted molar refractivity (Wildman–Crippen MR) is 316 cm³/mol. The Morgan fingerprint density at radius 3 is 0.845 bits per heavy atom. The number of benzene rings is 4. The highest BCUT2D eigenvalue weighted by molar-refractivity contribution is 5.92. The minimum absolute atomic E-state index is 0.0991. The molecule has 4 aliphatic carbocycles. The summed E-state index contributed by atoms with van der Waals surface area (Å²) in [4.78, 5) is 123. The Hall–Kier alpha value is -7.44. The second-order valence-electron chi connectivity index (χ2n) is 24.1. The molecule has 5 aliphatic rings. The number of hydrogen-bond donors (Lipinski definition) is 4. The molecule has 0 unspecified atom stereocenters. The summed E-state index contributed by atoms with van der Waals surface area (Å²) in [5, 5.41) is 12.3. The third-order valence-corrected chi connectivity index (χ3v) is 18.5. The highest BCUT2D eigenvalue weighted by Gasteiger charge is 2.44. The van der Waals surface area contributed by atoms with Gasteiger partial charge in [0.2, 0.25) is 47.3 Å². The van der Waals surface area contributed by atoms with Gasteiger partial charge in [-0.05, 0) is 99.3 Å². The van der Waals surface area contributed by atoms with Crippen molar-refractivity contribution in [3.8, 4) is 0 Å². The quantitative estimate of drug-likeness (QED) is 0.142. The zero-order valence-corrected chi connectivity index (χ0v) is 49.1. The van der Waals surface area contributed by atoms with Gasteiger partial charge in [0, 0.05) is 88.9 Å². The second-order valence-corrected chi connectivity index (χ2v) is 24.1. The lowest BCUT2D eigenvalue weighted by Gasteiger charge is -2.31. The summed E-state index contributed by atoms with van der Waals surface area (Å²) in [5.74, 6) is -4.54. The highest BCUT2D eigenvalue weighted by atomic mass is 16.5. The fourth-order valence-electron chi connectivity index (χ4n) is 13.2. The van der Waals surface area contributed by atoms with Crippen LogP contribution in [0.4, 0.5) is 0 Å². The highest BCUT2D eigenvalue weighted by Crippen LogP contribution is 2.34. The third kappa shape index (κ3) is 15.7. The molecule has 4 aromatic carbocycles. The summed E-state index contributed by atoms with van der Waals surface area (Å²) >= 11 is 0. The van der Waals surface area contributed by atoms with Crippen LogP contribution in [-0.2, 0) is 73.9 Å². The number of likely N-dealkylation sites (N-methyl/N-ethyl adjacent to an activating group) is 4. The van der Waals surface area contributed by atoms with Gasteiger partial charge in [0.05, 0.1) is 26.4 Å². The Kier molecular flexibility index (Phi) is 21.0. The Labute approximate surface area is 494 Å². The summed E-state index contributed by atoms with van der Waals surface area (Å²) in [7, 11) is 6.82. The fourth-order valence-corrected chi connectivity index (χ4v) is 13.2. The van der Waals surface area contributed by atoms with Crippen molar-refractivity contribution >= 4 is 47.3 Å². The van der Waals surface area contributed by atoms with Crippen LogP contribution in [0.3, 0.4) is 0 Å².